The molecule has 0 atom stereocenters. The van der Waals surface area contributed by atoms with E-state index in [0.717, 1.165) is 21.5 Å². The maximum atomic E-state index is 12.7. The minimum Gasteiger partial charge on any atom is -0.497 e. The number of nitrogens with one attached hydrogen (secondary N) is 1. The first-order valence-electron chi connectivity index (χ1n) is 7.68. The Labute approximate surface area is 163 Å². The van der Waals surface area contributed by atoms with Crippen LogP contribution in [0.5, 0.6) is 5.75 Å². The Morgan fingerprint density at radius 3 is 2.69 bits per heavy atom. The fourth-order valence-electron chi connectivity index (χ4n) is 2.43. The fourth-order valence-corrected chi connectivity index (χ4v) is 4.46. The molecule has 4 rings (SSSR count). The molecule has 1 aliphatic heterocycles. The summed E-state index contributed by atoms with van der Waals surface area (Å²) in [5.74, 6) is 0.585. The molecular weight excluding hydrogens is 386 g/mol. The van der Waals surface area contributed by atoms with Crippen molar-refractivity contribution in [1.29, 1.82) is 0 Å². The van der Waals surface area contributed by atoms with Crippen LogP contribution in [-0.2, 0) is 4.79 Å². The molecule has 3 aromatic rings. The van der Waals surface area contributed by atoms with Gasteiger partial charge < -0.3 is 4.74 Å². The molecule has 1 aromatic heterocycles. The Morgan fingerprint density at radius 2 is 1.96 bits per heavy atom. The van der Waals surface area contributed by atoms with Crippen molar-refractivity contribution in [2.24, 2.45) is 0 Å². The smallest absolute Gasteiger partial charge is 0.285 e. The molecule has 1 aliphatic rings. The van der Waals surface area contributed by atoms with Gasteiger partial charge in [-0.1, -0.05) is 47.4 Å². The summed E-state index contributed by atoms with van der Waals surface area (Å²) in [6.45, 7) is 0. The van der Waals surface area contributed by atoms with E-state index < -0.39 is 0 Å². The van der Waals surface area contributed by atoms with Gasteiger partial charge in [0.25, 0.3) is 5.91 Å². The normalized spacial score (nSPS) is 15.9. The van der Waals surface area contributed by atoms with Crippen LogP contribution in [0, 0.1) is 0 Å². The number of anilines is 1. The molecule has 1 saturated heterocycles. The molecule has 2 heterocycles. The number of nitrogens with zero attached hydrogens (tertiary/aromatic N) is 2. The largest absolute Gasteiger partial charge is 0.497 e. The second-order valence-electron chi connectivity index (χ2n) is 5.39. The Bertz CT molecular complexity index is 995. The van der Waals surface area contributed by atoms with Crippen LogP contribution in [0.25, 0.3) is 16.3 Å². The number of hydrogen-bond donors (Lipinski definition) is 1. The van der Waals surface area contributed by atoms with Crippen molar-refractivity contribution in [3.8, 4) is 5.75 Å². The first kappa shape index (κ1) is 17.0. The number of aromatic nitrogens is 1. The van der Waals surface area contributed by atoms with Gasteiger partial charge in [-0.3, -0.25) is 10.2 Å². The maximum absolute atomic E-state index is 12.7. The zero-order valence-electron chi connectivity index (χ0n) is 13.6. The van der Waals surface area contributed by atoms with E-state index in [-0.39, 0.29) is 5.91 Å². The number of methoxy groups -OCH3 is 1. The van der Waals surface area contributed by atoms with Crippen molar-refractivity contribution in [1.82, 2.24) is 9.99 Å². The van der Waals surface area contributed by atoms with Gasteiger partial charge in [-0.05, 0) is 48.1 Å². The highest BCUT2D eigenvalue weighted by atomic mass is 32.2. The first-order valence-corrected chi connectivity index (χ1v) is 9.72. The summed E-state index contributed by atoms with van der Waals surface area (Å²) < 4.78 is 6.65. The second kappa shape index (κ2) is 7.06. The Kier molecular flexibility index (Phi) is 4.62. The number of rotatable bonds is 4. The lowest BCUT2D eigenvalue weighted by atomic mass is 10.2. The van der Waals surface area contributed by atoms with Gasteiger partial charge in [0.2, 0.25) is 5.13 Å². The number of hydrogen-bond acceptors (Lipinski definition) is 7. The first-order chi connectivity index (χ1) is 12.6. The summed E-state index contributed by atoms with van der Waals surface area (Å²) in [7, 11) is 1.62. The molecule has 0 aliphatic carbocycles. The zero-order chi connectivity index (χ0) is 18.1. The van der Waals surface area contributed by atoms with E-state index in [0.29, 0.717) is 14.4 Å². The highest BCUT2D eigenvalue weighted by molar-refractivity contribution is 8.26. The highest BCUT2D eigenvalue weighted by Crippen LogP contribution is 2.34. The predicted molar refractivity (Wildman–Crippen MR) is 111 cm³/mol. The van der Waals surface area contributed by atoms with E-state index >= 15 is 0 Å². The summed E-state index contributed by atoms with van der Waals surface area (Å²) in [4.78, 5) is 17.8. The molecule has 1 N–H and O–H groups in total. The minimum absolute atomic E-state index is 0.185. The molecule has 2 aromatic carbocycles. The number of ether oxygens (including phenoxy) is 1. The number of amides is 1. The highest BCUT2D eigenvalue weighted by Gasteiger charge is 2.33. The summed E-state index contributed by atoms with van der Waals surface area (Å²) in [6, 6.07) is 15.3. The lowest BCUT2D eigenvalue weighted by Crippen LogP contribution is -2.33. The van der Waals surface area contributed by atoms with Crippen LogP contribution >= 0.6 is 35.3 Å². The van der Waals surface area contributed by atoms with Gasteiger partial charge in [0.1, 0.15) is 5.75 Å². The molecule has 130 valence electrons. The predicted octanol–water partition coefficient (Wildman–Crippen LogP) is 4.53. The number of carbonyl (C=O) groups excluding carboxylic acids is 1. The molecule has 0 bridgehead atoms. The lowest BCUT2D eigenvalue weighted by molar-refractivity contribution is -0.121. The van der Waals surface area contributed by atoms with Crippen LogP contribution in [0.15, 0.2) is 53.4 Å². The molecule has 1 amide bonds. The van der Waals surface area contributed by atoms with Crippen molar-refractivity contribution in [2.75, 3.05) is 12.5 Å². The Balaban J connectivity index is 1.55. The van der Waals surface area contributed by atoms with Gasteiger partial charge in [-0.25, -0.2) is 4.98 Å². The van der Waals surface area contributed by atoms with Gasteiger partial charge in [0, 0.05) is 0 Å². The van der Waals surface area contributed by atoms with Crippen molar-refractivity contribution >= 4 is 67.0 Å². The van der Waals surface area contributed by atoms with Gasteiger partial charge >= 0.3 is 0 Å². The third kappa shape index (κ3) is 3.31. The molecular formula is C18H13N3O2S3. The third-order valence-corrected chi connectivity index (χ3v) is 5.95. The van der Waals surface area contributed by atoms with E-state index in [9.17, 15) is 4.79 Å². The monoisotopic (exact) mass is 399 g/mol. The standard InChI is InChI=1S/C18H13N3O2S3/c1-23-12-8-6-11(7-9-12)10-15-16(22)21(18(24)26-15)20-17-19-13-4-2-3-5-14(13)25-17/h2-10H,1H3,(H,19,20)/b15-10-. The molecule has 1 fully saturated rings. The lowest BCUT2D eigenvalue weighted by Gasteiger charge is -2.14. The van der Waals surface area contributed by atoms with E-state index in [1.807, 2.05) is 54.6 Å². The van der Waals surface area contributed by atoms with Crippen LogP contribution in [0.2, 0.25) is 0 Å². The average molecular weight is 400 g/mol. The van der Waals surface area contributed by atoms with Crippen molar-refractivity contribution in [2.45, 2.75) is 0 Å². The SMILES string of the molecule is COc1ccc(/C=C2\SC(=S)N(Nc3nc4ccccc4s3)C2=O)cc1. The van der Waals surface area contributed by atoms with Crippen molar-refractivity contribution < 1.29 is 9.53 Å². The third-order valence-electron chi connectivity index (χ3n) is 3.71. The molecule has 26 heavy (non-hydrogen) atoms. The molecule has 0 spiro atoms. The topological polar surface area (TPSA) is 54.5 Å². The number of thiazole rings is 1. The van der Waals surface area contributed by atoms with Gasteiger partial charge in [-0.2, -0.15) is 5.01 Å². The summed E-state index contributed by atoms with van der Waals surface area (Å²) in [6.07, 6.45) is 1.82. The number of hydrazine groups is 1. The molecule has 5 nitrogen and oxygen atoms in total. The van der Waals surface area contributed by atoms with Gasteiger partial charge in [0.15, 0.2) is 4.32 Å². The molecule has 0 radical (unpaired) electrons. The van der Waals surface area contributed by atoms with Crippen molar-refractivity contribution in [3.63, 3.8) is 0 Å². The minimum atomic E-state index is -0.185. The van der Waals surface area contributed by atoms with E-state index in [2.05, 4.69) is 10.4 Å². The average Bonchev–Trinajstić information content (AvgIpc) is 3.18. The number of thiocarbonyl (C=S) groups is 1. The summed E-state index contributed by atoms with van der Waals surface area (Å²) >= 11 is 8.10. The van der Waals surface area contributed by atoms with Crippen molar-refractivity contribution in [3.05, 3.63) is 59.0 Å². The summed E-state index contributed by atoms with van der Waals surface area (Å²) in [5.41, 5.74) is 4.83. The summed E-state index contributed by atoms with van der Waals surface area (Å²) in [5, 5.41) is 2.00. The maximum Gasteiger partial charge on any atom is 0.285 e. The second-order valence-corrected chi connectivity index (χ2v) is 8.10. The Morgan fingerprint density at radius 1 is 1.19 bits per heavy atom. The fraction of sp³-hybridized carbons (Fsp3) is 0.0556. The molecule has 0 unspecified atom stereocenters. The van der Waals surface area contributed by atoms with Gasteiger partial charge in [-0.15, -0.1) is 0 Å². The molecule has 8 heteroatoms. The van der Waals surface area contributed by atoms with Crippen LogP contribution in [-0.4, -0.2) is 27.3 Å². The van der Waals surface area contributed by atoms with E-state index in [1.54, 1.807) is 7.11 Å². The van der Waals surface area contributed by atoms with Gasteiger partial charge in [0.05, 0.1) is 22.2 Å². The number of para-hydroxylation sites is 1. The number of thioether (sulfide) groups is 1. The molecule has 0 saturated carbocycles. The van der Waals surface area contributed by atoms with Crippen LogP contribution in [0.1, 0.15) is 5.56 Å². The Hall–Kier alpha value is -2.42. The van der Waals surface area contributed by atoms with Crippen LogP contribution < -0.4 is 10.2 Å². The van der Waals surface area contributed by atoms with Crippen LogP contribution in [0.4, 0.5) is 5.13 Å². The van der Waals surface area contributed by atoms with E-state index in [4.69, 9.17) is 17.0 Å². The number of carbonyl (C=O) groups is 1. The number of benzene rings is 2. The zero-order valence-corrected chi connectivity index (χ0v) is 16.1. The number of fused-ring (bicyclic) bond motifs is 1. The van der Waals surface area contributed by atoms with Crippen LogP contribution in [0.3, 0.4) is 0 Å². The van der Waals surface area contributed by atoms with E-state index in [1.165, 1.54) is 28.1 Å². The quantitative estimate of drug-likeness (QED) is 0.514.